The Balaban J connectivity index is 1.35. The highest BCUT2D eigenvalue weighted by molar-refractivity contribution is 5.94. The molecule has 2 amide bonds. The van der Waals surface area contributed by atoms with E-state index in [4.69, 9.17) is 0 Å². The molecule has 3 aliphatic rings. The van der Waals surface area contributed by atoms with Gasteiger partial charge in [-0.2, -0.15) is 0 Å². The molecule has 3 heterocycles. The van der Waals surface area contributed by atoms with Crippen LogP contribution in [0.3, 0.4) is 0 Å². The summed E-state index contributed by atoms with van der Waals surface area (Å²) in [4.78, 5) is 23.1. The van der Waals surface area contributed by atoms with Gasteiger partial charge in [0.05, 0.1) is 24.0 Å². The number of benzene rings is 1. The number of carbonyl (C=O) groups is 1. The van der Waals surface area contributed by atoms with Crippen molar-refractivity contribution in [1.29, 1.82) is 0 Å². The van der Waals surface area contributed by atoms with Crippen LogP contribution in [0.4, 0.5) is 20.7 Å². The number of nitrogens with one attached hydrogen (secondary N) is 1. The topological polar surface area (TPSA) is 51.7 Å². The Morgan fingerprint density at radius 3 is 2.39 bits per heavy atom. The van der Waals surface area contributed by atoms with Gasteiger partial charge in [0.25, 0.3) is 0 Å². The van der Waals surface area contributed by atoms with E-state index in [-0.39, 0.29) is 22.9 Å². The highest BCUT2D eigenvalue weighted by Gasteiger charge is 2.50. The number of nitrogens with zero attached hydrogens (tertiary/aromatic N) is 4. The minimum atomic E-state index is -0.431. The van der Waals surface area contributed by atoms with Crippen LogP contribution in [0, 0.1) is 5.82 Å². The van der Waals surface area contributed by atoms with E-state index < -0.39 is 5.82 Å². The maximum absolute atomic E-state index is 14.9. The first-order valence-corrected chi connectivity index (χ1v) is 11.2. The first-order chi connectivity index (χ1) is 14.9. The standard InChI is InChI=1S/C24H30FN5O/c1-28(2)24(18-7-4-3-5-8-18)11-9-23(10-12-24)17-30(22(31)27-23)21-20(25)15-19(16-26-21)29-13-6-14-29/h3-5,7-8,15-16H,6,9-14,17H2,1-2H3,(H,27,31). The summed E-state index contributed by atoms with van der Waals surface area (Å²) in [6, 6.07) is 11.9. The summed E-state index contributed by atoms with van der Waals surface area (Å²) in [6.45, 7) is 2.32. The lowest BCUT2D eigenvalue weighted by Crippen LogP contribution is -2.54. The van der Waals surface area contributed by atoms with Gasteiger partial charge < -0.3 is 10.2 Å². The van der Waals surface area contributed by atoms with Gasteiger partial charge in [0.2, 0.25) is 0 Å². The number of urea groups is 1. The molecule has 2 saturated heterocycles. The monoisotopic (exact) mass is 423 g/mol. The van der Waals surface area contributed by atoms with Crippen molar-refractivity contribution in [1.82, 2.24) is 15.2 Å². The fourth-order valence-corrected chi connectivity index (χ4v) is 5.41. The zero-order chi connectivity index (χ0) is 21.6. The van der Waals surface area contributed by atoms with Crippen molar-refractivity contribution in [2.75, 3.05) is 43.5 Å². The van der Waals surface area contributed by atoms with Crippen LogP contribution in [-0.2, 0) is 5.54 Å². The molecule has 2 aliphatic heterocycles. The molecule has 1 N–H and O–H groups in total. The lowest BCUT2D eigenvalue weighted by molar-refractivity contribution is 0.0657. The number of carbonyl (C=O) groups excluding carboxylic acids is 1. The summed E-state index contributed by atoms with van der Waals surface area (Å²) in [5, 5.41) is 3.18. The van der Waals surface area contributed by atoms with Crippen LogP contribution >= 0.6 is 0 Å². The van der Waals surface area contributed by atoms with Crippen molar-refractivity contribution in [3.05, 3.63) is 54.0 Å². The molecule has 0 atom stereocenters. The summed E-state index contributed by atoms with van der Waals surface area (Å²) < 4.78 is 14.9. The molecule has 31 heavy (non-hydrogen) atoms. The van der Waals surface area contributed by atoms with Crippen LogP contribution in [0.15, 0.2) is 42.6 Å². The number of halogens is 1. The molecule has 0 bridgehead atoms. The maximum Gasteiger partial charge on any atom is 0.323 e. The quantitative estimate of drug-likeness (QED) is 0.814. The molecule has 1 spiro atoms. The molecule has 6 nitrogen and oxygen atoms in total. The second-order valence-electron chi connectivity index (χ2n) is 9.43. The third kappa shape index (κ3) is 3.35. The van der Waals surface area contributed by atoms with Crippen molar-refractivity contribution < 1.29 is 9.18 Å². The van der Waals surface area contributed by atoms with Crippen molar-refractivity contribution in [3.8, 4) is 0 Å². The minimum Gasteiger partial charge on any atom is -0.370 e. The highest BCUT2D eigenvalue weighted by atomic mass is 19.1. The van der Waals surface area contributed by atoms with Crippen LogP contribution in [0.1, 0.15) is 37.7 Å². The number of hydrogen-bond donors (Lipinski definition) is 1. The number of anilines is 2. The zero-order valence-corrected chi connectivity index (χ0v) is 18.3. The molecule has 5 rings (SSSR count). The summed E-state index contributed by atoms with van der Waals surface area (Å²) >= 11 is 0. The van der Waals surface area contributed by atoms with Gasteiger partial charge in [-0.25, -0.2) is 14.2 Å². The number of rotatable bonds is 4. The van der Waals surface area contributed by atoms with Crippen LogP contribution < -0.4 is 15.1 Å². The van der Waals surface area contributed by atoms with Crippen LogP contribution in [0.25, 0.3) is 0 Å². The molecule has 3 fully saturated rings. The molecule has 1 aromatic heterocycles. The third-order valence-electron chi connectivity index (χ3n) is 7.56. The number of pyridine rings is 1. The Hall–Kier alpha value is -2.67. The smallest absolute Gasteiger partial charge is 0.323 e. The van der Waals surface area contributed by atoms with Crippen molar-refractivity contribution in [2.45, 2.75) is 43.2 Å². The summed E-state index contributed by atoms with van der Waals surface area (Å²) in [5.74, 6) is -0.300. The lowest BCUT2D eigenvalue weighted by atomic mass is 9.69. The molecule has 2 aromatic rings. The average molecular weight is 424 g/mol. The fraction of sp³-hybridized carbons (Fsp3) is 0.500. The van der Waals surface area contributed by atoms with Crippen LogP contribution in [0.2, 0.25) is 0 Å². The Morgan fingerprint density at radius 2 is 1.81 bits per heavy atom. The van der Waals surface area contributed by atoms with Gasteiger partial charge in [0, 0.05) is 24.7 Å². The maximum atomic E-state index is 14.9. The fourth-order valence-electron chi connectivity index (χ4n) is 5.41. The average Bonchev–Trinajstić information content (AvgIpc) is 3.04. The predicted molar refractivity (Wildman–Crippen MR) is 120 cm³/mol. The van der Waals surface area contributed by atoms with E-state index in [0.717, 1.165) is 50.9 Å². The summed E-state index contributed by atoms with van der Waals surface area (Å²) in [7, 11) is 4.26. The van der Waals surface area contributed by atoms with Gasteiger partial charge in [0.15, 0.2) is 11.6 Å². The van der Waals surface area contributed by atoms with E-state index in [1.54, 1.807) is 6.20 Å². The normalized spacial score (nSPS) is 28.2. The molecular weight excluding hydrogens is 393 g/mol. The molecule has 1 aliphatic carbocycles. The lowest BCUT2D eigenvalue weighted by Gasteiger charge is -2.48. The summed E-state index contributed by atoms with van der Waals surface area (Å²) in [6.07, 6.45) is 6.36. The van der Waals surface area contributed by atoms with Gasteiger partial charge in [0.1, 0.15) is 0 Å². The van der Waals surface area contributed by atoms with Crippen molar-refractivity contribution in [2.24, 2.45) is 0 Å². The van der Waals surface area contributed by atoms with Crippen molar-refractivity contribution in [3.63, 3.8) is 0 Å². The Labute approximate surface area is 183 Å². The SMILES string of the molecule is CN(C)C1(c2ccccc2)CCC2(CC1)CN(c1ncc(N3CCC3)cc1F)C(=O)N2. The first kappa shape index (κ1) is 20.2. The van der Waals surface area contributed by atoms with Gasteiger partial charge in [-0.05, 0) is 51.8 Å². The van der Waals surface area contributed by atoms with Gasteiger partial charge in [-0.1, -0.05) is 30.3 Å². The first-order valence-electron chi connectivity index (χ1n) is 11.2. The van der Waals surface area contributed by atoms with E-state index in [1.807, 2.05) is 6.07 Å². The van der Waals surface area contributed by atoms with E-state index >= 15 is 0 Å². The Kier molecular flexibility index (Phi) is 4.88. The third-order valence-corrected chi connectivity index (χ3v) is 7.56. The molecule has 7 heteroatoms. The summed E-state index contributed by atoms with van der Waals surface area (Å²) in [5.41, 5.74) is 1.71. The van der Waals surface area contributed by atoms with Crippen LogP contribution in [0.5, 0.6) is 0 Å². The predicted octanol–water partition coefficient (Wildman–Crippen LogP) is 3.73. The van der Waals surface area contributed by atoms with Crippen molar-refractivity contribution >= 4 is 17.5 Å². The number of hydrogen-bond acceptors (Lipinski definition) is 4. The van der Waals surface area contributed by atoms with E-state index in [2.05, 4.69) is 58.5 Å². The molecule has 1 aromatic carbocycles. The van der Waals surface area contributed by atoms with E-state index in [0.29, 0.717) is 6.54 Å². The van der Waals surface area contributed by atoms with E-state index in [9.17, 15) is 9.18 Å². The van der Waals surface area contributed by atoms with E-state index in [1.165, 1.54) is 16.5 Å². The second kappa shape index (κ2) is 7.48. The zero-order valence-electron chi connectivity index (χ0n) is 18.3. The van der Waals surface area contributed by atoms with Gasteiger partial charge in [-0.15, -0.1) is 0 Å². The Bertz CT molecular complexity index is 967. The molecular formula is C24H30FN5O. The molecule has 0 radical (unpaired) electrons. The Morgan fingerprint density at radius 1 is 1.10 bits per heavy atom. The van der Waals surface area contributed by atoms with Crippen LogP contribution in [-0.4, -0.2) is 55.2 Å². The van der Waals surface area contributed by atoms with Gasteiger partial charge in [-0.3, -0.25) is 9.80 Å². The highest BCUT2D eigenvalue weighted by Crippen LogP contribution is 2.46. The molecule has 0 unspecified atom stereocenters. The number of amides is 2. The second-order valence-corrected chi connectivity index (χ2v) is 9.43. The molecule has 164 valence electrons. The largest absolute Gasteiger partial charge is 0.370 e. The number of aromatic nitrogens is 1. The van der Waals surface area contributed by atoms with Gasteiger partial charge >= 0.3 is 6.03 Å². The molecule has 1 saturated carbocycles. The minimum absolute atomic E-state index is 0.0486.